The van der Waals surface area contributed by atoms with Gasteiger partial charge in [-0.25, -0.2) is 4.39 Å². The van der Waals surface area contributed by atoms with E-state index in [0.717, 1.165) is 37.9 Å². The monoisotopic (exact) mass is 657 g/mol. The topological polar surface area (TPSA) is 20.6 Å². The summed E-state index contributed by atoms with van der Waals surface area (Å²) < 4.78 is 62.5. The van der Waals surface area contributed by atoms with E-state index >= 15 is 0 Å². The van der Waals surface area contributed by atoms with E-state index < -0.39 is 11.7 Å². The molecule has 3 aromatic rings. The van der Waals surface area contributed by atoms with E-state index in [-0.39, 0.29) is 12.0 Å². The highest BCUT2D eigenvalue weighted by Gasteiger charge is 2.32. The molecule has 0 amide bonds. The van der Waals surface area contributed by atoms with Gasteiger partial charge >= 0.3 is 6.18 Å². The number of halogens is 4. The molecular formula is C39H55F4N3O. The van der Waals surface area contributed by atoms with Crippen molar-refractivity contribution in [2.45, 2.75) is 116 Å². The third-order valence-electron chi connectivity index (χ3n) is 9.40. The van der Waals surface area contributed by atoms with Gasteiger partial charge in [0.15, 0.2) is 0 Å². The molecule has 1 atom stereocenters. The number of aromatic nitrogens is 1. The van der Waals surface area contributed by atoms with E-state index in [4.69, 9.17) is 4.74 Å². The number of benzene rings is 2. The third-order valence-corrected chi connectivity index (χ3v) is 9.40. The summed E-state index contributed by atoms with van der Waals surface area (Å²) in [6.45, 7) is 7.98. The molecule has 0 aliphatic carbocycles. The summed E-state index contributed by atoms with van der Waals surface area (Å²) in [7, 11) is 0. The number of fused-ring (bicyclic) bond motifs is 1. The van der Waals surface area contributed by atoms with Crippen molar-refractivity contribution in [1.82, 2.24) is 9.47 Å². The van der Waals surface area contributed by atoms with Gasteiger partial charge in [0.2, 0.25) is 0 Å². The fraction of sp³-hybridized carbons (Fsp3) is 0.590. The summed E-state index contributed by atoms with van der Waals surface area (Å²) in [5.41, 5.74) is 1.45. The Morgan fingerprint density at radius 3 is 1.98 bits per heavy atom. The molecule has 1 unspecified atom stereocenters. The number of alkyl halides is 3. The van der Waals surface area contributed by atoms with Gasteiger partial charge in [0.1, 0.15) is 12.0 Å². The Kier molecular flexibility index (Phi) is 15.1. The van der Waals surface area contributed by atoms with E-state index in [2.05, 4.69) is 35.8 Å². The number of nitrogens with zero attached hydrogens (tertiary/aromatic N) is 3. The van der Waals surface area contributed by atoms with Crippen LogP contribution in [0.4, 0.5) is 23.2 Å². The molecule has 0 saturated carbocycles. The number of allylic oxidation sites excluding steroid dienone is 2. The van der Waals surface area contributed by atoms with Crippen LogP contribution in [0.25, 0.3) is 16.6 Å². The lowest BCUT2D eigenvalue weighted by atomic mass is 10.1. The summed E-state index contributed by atoms with van der Waals surface area (Å²) in [5, 5.41) is 0.543. The first-order chi connectivity index (χ1) is 22.8. The minimum Gasteiger partial charge on any atom is -0.367 e. The highest BCUT2D eigenvalue weighted by molar-refractivity contribution is 5.95. The second kappa shape index (κ2) is 19.2. The molecule has 260 valence electrons. The number of piperazine rings is 1. The average Bonchev–Trinajstić information content (AvgIpc) is 3.45. The Bertz CT molecular complexity index is 1340. The highest BCUT2D eigenvalue weighted by Crippen LogP contribution is 2.37. The van der Waals surface area contributed by atoms with Gasteiger partial charge in [-0.3, -0.25) is 4.90 Å². The van der Waals surface area contributed by atoms with Crippen LogP contribution in [-0.2, 0) is 10.9 Å². The van der Waals surface area contributed by atoms with Crippen LogP contribution in [0.1, 0.15) is 109 Å². The van der Waals surface area contributed by atoms with Crippen LogP contribution < -0.4 is 4.90 Å². The molecule has 4 nitrogen and oxygen atoms in total. The minimum absolute atomic E-state index is 0.00216. The van der Waals surface area contributed by atoms with Crippen LogP contribution in [0.2, 0.25) is 0 Å². The summed E-state index contributed by atoms with van der Waals surface area (Å²) in [6, 6.07) is 9.87. The second-order valence-corrected chi connectivity index (χ2v) is 13.0. The number of hydrogen-bond acceptors (Lipinski definition) is 3. The maximum atomic E-state index is 13.6. The molecule has 1 aliphatic rings. The van der Waals surface area contributed by atoms with Crippen molar-refractivity contribution in [3.05, 3.63) is 72.2 Å². The van der Waals surface area contributed by atoms with Crippen LogP contribution in [0, 0.1) is 5.82 Å². The fourth-order valence-corrected chi connectivity index (χ4v) is 6.49. The SMILES string of the molecule is CCCCCCCCC=CCCCCCCCCOC(C)N1CCN(c2cn(-c3ccc(F)cc3)c3ccc(C(F)(F)F)cc23)CC1. The second-order valence-electron chi connectivity index (χ2n) is 13.0. The number of anilines is 1. The molecule has 2 heterocycles. The standard InChI is InChI=1S/C39H55F4N3O/c1-3-4-5-6-7-8-9-10-11-12-13-14-15-16-17-18-29-47-32(2)44-25-27-45(28-26-44)38-31-46(35-22-20-34(40)21-23-35)37-24-19-33(30-36(37)38)39(41,42)43/h10-11,19-24,30-32H,3-9,12-18,25-29H2,1-2H3. The van der Waals surface area contributed by atoms with Gasteiger partial charge in [-0.2, -0.15) is 13.2 Å². The van der Waals surface area contributed by atoms with Crippen molar-refractivity contribution in [3.63, 3.8) is 0 Å². The van der Waals surface area contributed by atoms with E-state index in [0.29, 0.717) is 29.7 Å². The Hall–Kier alpha value is -2.84. The van der Waals surface area contributed by atoms with Crippen molar-refractivity contribution in [2.75, 3.05) is 37.7 Å². The molecule has 1 aromatic heterocycles. The Labute approximate surface area is 279 Å². The number of rotatable bonds is 20. The van der Waals surface area contributed by atoms with E-state index in [1.54, 1.807) is 12.1 Å². The minimum atomic E-state index is -4.43. The summed E-state index contributed by atoms with van der Waals surface area (Å²) >= 11 is 0. The molecule has 0 bridgehead atoms. The zero-order valence-electron chi connectivity index (χ0n) is 28.5. The molecule has 0 radical (unpaired) electrons. The van der Waals surface area contributed by atoms with Gasteiger partial charge in [-0.05, 0) is 81.5 Å². The molecule has 1 saturated heterocycles. The quantitative estimate of drug-likeness (QED) is 0.0685. The highest BCUT2D eigenvalue weighted by atomic mass is 19.4. The van der Waals surface area contributed by atoms with E-state index in [1.165, 1.54) is 108 Å². The van der Waals surface area contributed by atoms with Crippen molar-refractivity contribution in [3.8, 4) is 5.69 Å². The smallest absolute Gasteiger partial charge is 0.367 e. The van der Waals surface area contributed by atoms with Crippen molar-refractivity contribution < 1.29 is 22.3 Å². The van der Waals surface area contributed by atoms with E-state index in [9.17, 15) is 17.6 Å². The molecule has 4 rings (SSSR count). The van der Waals surface area contributed by atoms with Crippen molar-refractivity contribution >= 4 is 16.6 Å². The fourth-order valence-electron chi connectivity index (χ4n) is 6.49. The molecule has 2 aromatic carbocycles. The van der Waals surface area contributed by atoms with Crippen LogP contribution in [0.15, 0.2) is 60.8 Å². The normalized spacial score (nSPS) is 15.3. The lowest BCUT2D eigenvalue weighted by Gasteiger charge is -2.38. The first-order valence-electron chi connectivity index (χ1n) is 18.0. The lowest BCUT2D eigenvalue weighted by molar-refractivity contribution is -0.137. The third kappa shape index (κ3) is 11.7. The van der Waals surface area contributed by atoms with Gasteiger partial charge < -0.3 is 14.2 Å². The molecular weight excluding hydrogens is 602 g/mol. The van der Waals surface area contributed by atoms with Crippen LogP contribution in [0.5, 0.6) is 0 Å². The van der Waals surface area contributed by atoms with Gasteiger partial charge in [0.05, 0.1) is 16.8 Å². The van der Waals surface area contributed by atoms with Gasteiger partial charge in [-0.15, -0.1) is 0 Å². The Balaban J connectivity index is 1.15. The zero-order valence-corrected chi connectivity index (χ0v) is 28.5. The lowest BCUT2D eigenvalue weighted by Crippen LogP contribution is -2.50. The molecule has 1 fully saturated rings. The Morgan fingerprint density at radius 1 is 0.766 bits per heavy atom. The van der Waals surface area contributed by atoms with Crippen molar-refractivity contribution in [1.29, 1.82) is 0 Å². The first-order valence-corrected chi connectivity index (χ1v) is 18.0. The molecule has 0 spiro atoms. The number of unbranched alkanes of at least 4 members (excludes halogenated alkanes) is 12. The zero-order chi connectivity index (χ0) is 33.5. The van der Waals surface area contributed by atoms with Crippen LogP contribution in [-0.4, -0.2) is 48.5 Å². The predicted molar refractivity (Wildman–Crippen MR) is 187 cm³/mol. The molecule has 1 aliphatic heterocycles. The van der Waals surface area contributed by atoms with Gasteiger partial charge in [0.25, 0.3) is 0 Å². The largest absolute Gasteiger partial charge is 0.416 e. The average molecular weight is 658 g/mol. The molecule has 8 heteroatoms. The predicted octanol–water partition coefficient (Wildman–Crippen LogP) is 11.3. The Morgan fingerprint density at radius 2 is 1.36 bits per heavy atom. The van der Waals surface area contributed by atoms with E-state index in [1.807, 2.05) is 10.8 Å². The summed E-state index contributed by atoms with van der Waals surface area (Å²) in [4.78, 5) is 4.45. The van der Waals surface area contributed by atoms with Gasteiger partial charge in [-0.1, -0.05) is 76.9 Å². The van der Waals surface area contributed by atoms with Crippen molar-refractivity contribution in [2.24, 2.45) is 0 Å². The van der Waals surface area contributed by atoms with Crippen LogP contribution in [0.3, 0.4) is 0 Å². The maximum Gasteiger partial charge on any atom is 0.416 e. The summed E-state index contributed by atoms with van der Waals surface area (Å²) in [6.07, 6.45) is 20.2. The molecule has 0 N–H and O–H groups in total. The number of hydrogen-bond donors (Lipinski definition) is 0. The first kappa shape index (κ1) is 37.0. The molecule has 47 heavy (non-hydrogen) atoms. The number of ether oxygens (including phenoxy) is 1. The maximum absolute atomic E-state index is 13.6. The van der Waals surface area contributed by atoms with Crippen LogP contribution >= 0.6 is 0 Å². The van der Waals surface area contributed by atoms with Gasteiger partial charge in [0, 0.05) is 50.1 Å². The summed E-state index contributed by atoms with van der Waals surface area (Å²) in [5.74, 6) is -0.357.